The molecule has 0 aromatic carbocycles. The van der Waals surface area contributed by atoms with Gasteiger partial charge in [-0.1, -0.05) is 0 Å². The molecule has 0 aromatic heterocycles. The molecule has 0 nitrogen and oxygen atoms in total. The van der Waals surface area contributed by atoms with E-state index in [4.69, 9.17) is 0 Å². The Kier molecular flexibility index (Phi) is 8.97. The molecule has 120 valence electrons. The van der Waals surface area contributed by atoms with Crippen LogP contribution in [0, 0.1) is 0 Å². The van der Waals surface area contributed by atoms with E-state index < -0.39 is 22.9 Å². The van der Waals surface area contributed by atoms with Gasteiger partial charge in [-0.05, 0) is 0 Å². The molecule has 0 atom stereocenters. The Balaban J connectivity index is 0.00000121. The van der Waals surface area contributed by atoms with E-state index in [1.54, 1.807) is 11.1 Å². The zero-order valence-corrected chi connectivity index (χ0v) is 18.9. The standard InChI is InChI=1S/C19H26.2ClH.Hf/c1-3-5-9-16-11-7-13-18(16)15-19-14-8-12-17(19)10-6-4-2;;;/h13-14H,3-10,15H2,1-2H3;2*1H;/q;;;+2/p-2. The van der Waals surface area contributed by atoms with E-state index in [2.05, 4.69) is 26.0 Å². The van der Waals surface area contributed by atoms with Crippen molar-refractivity contribution in [2.24, 2.45) is 0 Å². The van der Waals surface area contributed by atoms with Crippen molar-refractivity contribution in [2.75, 3.05) is 0 Å². The van der Waals surface area contributed by atoms with E-state index >= 15 is 0 Å². The molecule has 1 heterocycles. The fraction of sp³-hybridized carbons (Fsp3) is 0.579. The molecule has 0 N–H and O–H groups in total. The summed E-state index contributed by atoms with van der Waals surface area (Å²) in [6.07, 6.45) is 17.3. The van der Waals surface area contributed by atoms with E-state index in [0.717, 1.165) is 0 Å². The Morgan fingerprint density at radius 3 is 1.68 bits per heavy atom. The SMILES string of the molecule is CCCCC1=[C]2CC=C1CC1=CC[C](=C1CCCC)[Hf+2]2.[Cl-].[Cl-]. The van der Waals surface area contributed by atoms with Crippen molar-refractivity contribution in [1.82, 2.24) is 0 Å². The van der Waals surface area contributed by atoms with Crippen molar-refractivity contribution in [3.05, 3.63) is 41.1 Å². The predicted molar refractivity (Wildman–Crippen MR) is 83.1 cm³/mol. The second kappa shape index (κ2) is 9.64. The number of hydrogen-bond acceptors (Lipinski definition) is 0. The number of hydrogen-bond donors (Lipinski definition) is 0. The van der Waals surface area contributed by atoms with E-state index in [1.165, 1.54) is 57.8 Å². The van der Waals surface area contributed by atoms with Crippen molar-refractivity contribution in [3.8, 4) is 0 Å². The summed E-state index contributed by atoms with van der Waals surface area (Å²) in [4.78, 5) is 0. The van der Waals surface area contributed by atoms with Gasteiger partial charge in [0.05, 0.1) is 0 Å². The van der Waals surface area contributed by atoms with Gasteiger partial charge in [-0.2, -0.15) is 0 Å². The topological polar surface area (TPSA) is 0 Å². The summed E-state index contributed by atoms with van der Waals surface area (Å²) in [6.45, 7) is 4.65. The first-order chi connectivity index (χ1) is 9.83. The maximum Gasteiger partial charge on any atom is -1.00 e. The first-order valence-corrected chi connectivity index (χ1v) is 12.0. The van der Waals surface area contributed by atoms with E-state index in [9.17, 15) is 0 Å². The number of unbranched alkanes of at least 4 members (excludes halogenated alkanes) is 2. The molecule has 1 aliphatic heterocycles. The monoisotopic (exact) mass is 504 g/mol. The Morgan fingerprint density at radius 1 is 0.818 bits per heavy atom. The largest absolute Gasteiger partial charge is 1.00 e. The van der Waals surface area contributed by atoms with Crippen molar-refractivity contribution in [2.45, 2.75) is 71.6 Å². The number of halogens is 2. The van der Waals surface area contributed by atoms with Crippen molar-refractivity contribution in [1.29, 1.82) is 0 Å². The van der Waals surface area contributed by atoms with Crippen LogP contribution in [0.15, 0.2) is 41.1 Å². The summed E-state index contributed by atoms with van der Waals surface area (Å²) < 4.78 is 3.90. The fourth-order valence-corrected chi connectivity index (χ4v) is 9.57. The molecule has 22 heavy (non-hydrogen) atoms. The van der Waals surface area contributed by atoms with Crippen molar-refractivity contribution < 1.29 is 47.7 Å². The molecule has 3 heteroatoms. The quantitative estimate of drug-likeness (QED) is 0.449. The first-order valence-electron chi connectivity index (χ1n) is 8.43. The molecule has 0 saturated heterocycles. The molecule has 3 rings (SSSR count). The molecular weight excluding hydrogens is 478 g/mol. The van der Waals surface area contributed by atoms with Gasteiger partial charge < -0.3 is 24.8 Å². The summed E-state index contributed by atoms with van der Waals surface area (Å²) in [6, 6.07) is 0. The minimum absolute atomic E-state index is 0. The molecule has 0 amide bonds. The molecule has 0 fully saturated rings. The van der Waals surface area contributed by atoms with Crippen molar-refractivity contribution in [3.63, 3.8) is 0 Å². The second-order valence-corrected chi connectivity index (χ2v) is 11.5. The average Bonchev–Trinajstić information content (AvgIpc) is 3.03. The molecule has 4 bridgehead atoms. The number of rotatable bonds is 6. The van der Waals surface area contributed by atoms with Gasteiger partial charge in [0.15, 0.2) is 0 Å². The van der Waals surface area contributed by atoms with Gasteiger partial charge in [0, 0.05) is 0 Å². The average molecular weight is 504 g/mol. The van der Waals surface area contributed by atoms with Crippen LogP contribution in [0.2, 0.25) is 0 Å². The van der Waals surface area contributed by atoms with Gasteiger partial charge in [0.25, 0.3) is 0 Å². The summed E-state index contributed by atoms with van der Waals surface area (Å²) >= 11 is -0.696. The summed E-state index contributed by atoms with van der Waals surface area (Å²) in [5.74, 6) is 0. The maximum atomic E-state index is 2.58. The van der Waals surface area contributed by atoms with Crippen LogP contribution in [0.1, 0.15) is 71.6 Å². The molecule has 0 spiro atoms. The smallest absolute Gasteiger partial charge is 1.00 e. The van der Waals surface area contributed by atoms with Gasteiger partial charge in [-0.3, -0.25) is 0 Å². The van der Waals surface area contributed by atoms with E-state index in [-0.39, 0.29) is 24.8 Å². The number of fused-ring (bicyclic) bond motifs is 2. The molecule has 2 aliphatic carbocycles. The Hall–Kier alpha value is 0.410. The maximum absolute atomic E-state index is 2.58. The third kappa shape index (κ3) is 4.28. The predicted octanol–water partition coefficient (Wildman–Crippen LogP) is 0.0294. The van der Waals surface area contributed by atoms with Crippen LogP contribution in [-0.2, 0) is 22.9 Å². The normalized spacial score (nSPS) is 18.5. The molecule has 0 saturated carbocycles. The third-order valence-corrected chi connectivity index (χ3v) is 10.7. The van der Waals surface area contributed by atoms with E-state index in [0.29, 0.717) is 0 Å². The minimum Gasteiger partial charge on any atom is -1.00 e. The summed E-state index contributed by atoms with van der Waals surface area (Å²) in [7, 11) is 0. The summed E-state index contributed by atoms with van der Waals surface area (Å²) in [5, 5.41) is 0. The van der Waals surface area contributed by atoms with Crippen LogP contribution in [-0.4, -0.2) is 0 Å². The van der Waals surface area contributed by atoms with Crippen LogP contribution in [0.5, 0.6) is 0 Å². The molecule has 0 aromatic rings. The second-order valence-electron chi connectivity index (χ2n) is 6.29. The van der Waals surface area contributed by atoms with Gasteiger partial charge in [-0.15, -0.1) is 0 Å². The van der Waals surface area contributed by atoms with Gasteiger partial charge in [0.1, 0.15) is 0 Å². The minimum atomic E-state index is -0.696. The molecule has 3 aliphatic rings. The zero-order valence-electron chi connectivity index (χ0n) is 13.8. The fourth-order valence-electron chi connectivity index (χ4n) is 3.66. The van der Waals surface area contributed by atoms with Gasteiger partial charge in [0.2, 0.25) is 0 Å². The Morgan fingerprint density at radius 2 is 1.27 bits per heavy atom. The van der Waals surface area contributed by atoms with Crippen LogP contribution in [0.25, 0.3) is 0 Å². The number of allylic oxidation sites excluding steroid dienone is 8. The Bertz CT molecular complexity index is 478. The summed E-state index contributed by atoms with van der Waals surface area (Å²) in [5.41, 5.74) is 7.11. The van der Waals surface area contributed by atoms with Crippen LogP contribution < -0.4 is 24.8 Å². The van der Waals surface area contributed by atoms with Crippen LogP contribution >= 0.6 is 0 Å². The van der Waals surface area contributed by atoms with Gasteiger partial charge >= 0.3 is 136 Å². The molecule has 0 radical (unpaired) electrons. The third-order valence-electron chi connectivity index (χ3n) is 4.85. The zero-order chi connectivity index (χ0) is 13.9. The molecular formula is C19H26Cl2Hf. The van der Waals surface area contributed by atoms with Crippen molar-refractivity contribution >= 4 is 0 Å². The van der Waals surface area contributed by atoms with E-state index in [1.807, 2.05) is 17.8 Å². The molecule has 0 unspecified atom stereocenters. The van der Waals surface area contributed by atoms with Gasteiger partial charge in [-0.25, -0.2) is 0 Å². The Labute approximate surface area is 159 Å². The van der Waals surface area contributed by atoms with Crippen LogP contribution in [0.4, 0.5) is 0 Å². The van der Waals surface area contributed by atoms with Crippen LogP contribution in [0.3, 0.4) is 0 Å². The first kappa shape index (κ1) is 20.5.